The highest BCUT2D eigenvalue weighted by Crippen LogP contribution is 2.42. The smallest absolute Gasteiger partial charge is 0.150 e. The Balaban J connectivity index is 2.27. The van der Waals surface area contributed by atoms with Gasteiger partial charge in [-0.25, -0.2) is 0 Å². The molecule has 0 atom stereocenters. The predicted octanol–water partition coefficient (Wildman–Crippen LogP) is 6.48. The van der Waals surface area contributed by atoms with Crippen LogP contribution in [0.25, 0.3) is 22.1 Å². The van der Waals surface area contributed by atoms with Gasteiger partial charge in [-0.1, -0.05) is 35.3 Å². The number of allylic oxidation sites excluding steroid dienone is 1. The predicted molar refractivity (Wildman–Crippen MR) is 113 cm³/mol. The monoisotopic (exact) mass is 418 g/mol. The van der Waals surface area contributed by atoms with E-state index in [1.54, 1.807) is 49.8 Å². The van der Waals surface area contributed by atoms with E-state index in [4.69, 9.17) is 32.7 Å². The van der Waals surface area contributed by atoms with Gasteiger partial charge >= 0.3 is 0 Å². The van der Waals surface area contributed by atoms with E-state index < -0.39 is 0 Å². The van der Waals surface area contributed by atoms with Crippen LogP contribution >= 0.6 is 34.5 Å². The van der Waals surface area contributed by atoms with Crippen molar-refractivity contribution < 1.29 is 14.3 Å². The lowest BCUT2D eigenvalue weighted by Crippen LogP contribution is -1.97. The van der Waals surface area contributed by atoms with Crippen LogP contribution in [0.2, 0.25) is 10.0 Å². The van der Waals surface area contributed by atoms with Crippen LogP contribution < -0.4 is 9.47 Å². The zero-order chi connectivity index (χ0) is 19.4. The summed E-state index contributed by atoms with van der Waals surface area (Å²) < 4.78 is 11.2. The summed E-state index contributed by atoms with van der Waals surface area (Å²) in [6.45, 7) is 0. The third-order valence-electron chi connectivity index (χ3n) is 4.04. The SMILES string of the molecule is COc1ccc(-c2cccs2)c(OC)c1C=C(C=O)c1c(Cl)cccc1Cl. The van der Waals surface area contributed by atoms with Gasteiger partial charge in [0.25, 0.3) is 0 Å². The third kappa shape index (κ3) is 3.88. The zero-order valence-corrected chi connectivity index (χ0v) is 17.0. The van der Waals surface area contributed by atoms with Crippen molar-refractivity contribution in [2.45, 2.75) is 0 Å². The van der Waals surface area contributed by atoms with E-state index in [-0.39, 0.29) is 0 Å². The number of benzene rings is 2. The Kier molecular flexibility index (Phi) is 6.22. The Hall–Kier alpha value is -2.27. The number of halogens is 2. The summed E-state index contributed by atoms with van der Waals surface area (Å²) >= 11 is 14.2. The summed E-state index contributed by atoms with van der Waals surface area (Å²) in [5.41, 5.74) is 2.37. The first-order valence-electron chi connectivity index (χ1n) is 8.00. The fourth-order valence-electron chi connectivity index (χ4n) is 2.84. The molecule has 3 aromatic rings. The summed E-state index contributed by atoms with van der Waals surface area (Å²) in [6, 6.07) is 12.9. The van der Waals surface area contributed by atoms with Gasteiger partial charge in [-0.3, -0.25) is 4.79 Å². The first-order valence-corrected chi connectivity index (χ1v) is 9.64. The molecule has 0 amide bonds. The maximum atomic E-state index is 11.9. The molecule has 0 spiro atoms. The second-order valence-corrected chi connectivity index (χ2v) is 7.32. The van der Waals surface area contributed by atoms with Gasteiger partial charge < -0.3 is 9.47 Å². The van der Waals surface area contributed by atoms with Crippen molar-refractivity contribution >= 4 is 52.5 Å². The number of ether oxygens (including phenoxy) is 2. The molecule has 1 heterocycles. The zero-order valence-electron chi connectivity index (χ0n) is 14.7. The summed E-state index contributed by atoms with van der Waals surface area (Å²) in [6.07, 6.45) is 2.42. The summed E-state index contributed by atoms with van der Waals surface area (Å²) in [5, 5.41) is 2.79. The Morgan fingerprint density at radius 2 is 1.74 bits per heavy atom. The van der Waals surface area contributed by atoms with E-state index in [0.29, 0.717) is 38.2 Å². The molecule has 138 valence electrons. The molecule has 6 heteroatoms. The lowest BCUT2D eigenvalue weighted by atomic mass is 10.00. The molecular formula is C21H16Cl2O3S. The van der Waals surface area contributed by atoms with Crippen LogP contribution in [0, 0.1) is 0 Å². The van der Waals surface area contributed by atoms with Crippen molar-refractivity contribution in [1.82, 2.24) is 0 Å². The number of methoxy groups -OCH3 is 2. The van der Waals surface area contributed by atoms with E-state index in [0.717, 1.165) is 16.7 Å². The topological polar surface area (TPSA) is 35.5 Å². The molecule has 0 aliphatic rings. The highest BCUT2D eigenvalue weighted by Gasteiger charge is 2.18. The first kappa shape index (κ1) is 19.5. The molecular weight excluding hydrogens is 403 g/mol. The summed E-state index contributed by atoms with van der Waals surface area (Å²) in [5.74, 6) is 1.19. The number of thiophene rings is 1. The summed E-state index contributed by atoms with van der Waals surface area (Å²) in [7, 11) is 3.16. The van der Waals surface area contributed by atoms with E-state index >= 15 is 0 Å². The van der Waals surface area contributed by atoms with Gasteiger partial charge in [-0.05, 0) is 41.8 Å². The molecule has 0 fully saturated rings. The highest BCUT2D eigenvalue weighted by molar-refractivity contribution is 7.13. The van der Waals surface area contributed by atoms with Gasteiger partial charge in [0.2, 0.25) is 0 Å². The number of hydrogen-bond acceptors (Lipinski definition) is 4. The first-order chi connectivity index (χ1) is 13.1. The molecule has 27 heavy (non-hydrogen) atoms. The molecule has 0 bridgehead atoms. The van der Waals surface area contributed by atoms with E-state index in [2.05, 4.69) is 0 Å². The van der Waals surface area contributed by atoms with Crippen LogP contribution in [0.5, 0.6) is 11.5 Å². The molecule has 0 N–H and O–H groups in total. The lowest BCUT2D eigenvalue weighted by molar-refractivity contribution is -0.103. The molecule has 0 aliphatic heterocycles. The van der Waals surface area contributed by atoms with Crippen molar-refractivity contribution in [3.63, 3.8) is 0 Å². The Bertz CT molecular complexity index is 975. The minimum atomic E-state index is 0.338. The van der Waals surface area contributed by atoms with E-state index in [1.165, 1.54) is 0 Å². The van der Waals surface area contributed by atoms with Gasteiger partial charge in [0.05, 0.1) is 29.8 Å². The molecule has 0 saturated carbocycles. The van der Waals surface area contributed by atoms with E-state index in [9.17, 15) is 4.79 Å². The summed E-state index contributed by atoms with van der Waals surface area (Å²) in [4.78, 5) is 12.9. The highest BCUT2D eigenvalue weighted by atomic mass is 35.5. The number of carbonyl (C=O) groups excluding carboxylic acids is 1. The minimum absolute atomic E-state index is 0.338. The van der Waals surface area contributed by atoms with Gasteiger partial charge in [0.15, 0.2) is 6.29 Å². The second-order valence-electron chi connectivity index (χ2n) is 5.55. The number of carbonyl (C=O) groups is 1. The standard InChI is InChI=1S/C21H16Cl2O3S/c1-25-18-9-8-14(19-7-4-10-27-19)21(26-2)15(18)11-13(12-24)20-16(22)5-3-6-17(20)23/h3-12H,1-2H3. The van der Waals surface area contributed by atoms with Gasteiger partial charge in [-0.15, -0.1) is 11.3 Å². The fraction of sp³-hybridized carbons (Fsp3) is 0.0952. The third-order valence-corrected chi connectivity index (χ3v) is 5.58. The minimum Gasteiger partial charge on any atom is -0.496 e. The quantitative estimate of drug-likeness (QED) is 0.261. The number of rotatable bonds is 6. The fourth-order valence-corrected chi connectivity index (χ4v) is 4.20. The molecule has 0 radical (unpaired) electrons. The number of hydrogen-bond donors (Lipinski definition) is 0. The van der Waals surface area contributed by atoms with Gasteiger partial charge in [0.1, 0.15) is 11.5 Å². The van der Waals surface area contributed by atoms with E-state index in [1.807, 2.05) is 29.6 Å². The van der Waals surface area contributed by atoms with Crippen LogP contribution in [0.3, 0.4) is 0 Å². The largest absolute Gasteiger partial charge is 0.496 e. The average Bonchev–Trinajstić information content (AvgIpc) is 3.20. The van der Waals surface area contributed by atoms with Crippen molar-refractivity contribution in [3.05, 3.63) is 69.0 Å². The average molecular weight is 419 g/mol. The van der Waals surface area contributed by atoms with Gasteiger partial charge in [-0.2, -0.15) is 0 Å². The lowest BCUT2D eigenvalue weighted by Gasteiger charge is -2.15. The van der Waals surface area contributed by atoms with Crippen LogP contribution in [0.1, 0.15) is 11.1 Å². The van der Waals surface area contributed by atoms with Crippen LogP contribution in [-0.2, 0) is 4.79 Å². The molecule has 0 aliphatic carbocycles. The molecule has 1 aromatic heterocycles. The van der Waals surface area contributed by atoms with Crippen LogP contribution in [0.15, 0.2) is 47.8 Å². The van der Waals surface area contributed by atoms with Crippen LogP contribution in [0.4, 0.5) is 0 Å². The Labute approximate surface area is 171 Å². The van der Waals surface area contributed by atoms with Crippen molar-refractivity contribution in [1.29, 1.82) is 0 Å². The van der Waals surface area contributed by atoms with Crippen molar-refractivity contribution in [3.8, 4) is 21.9 Å². The maximum Gasteiger partial charge on any atom is 0.150 e. The molecule has 0 saturated heterocycles. The molecule has 2 aromatic carbocycles. The van der Waals surface area contributed by atoms with Crippen molar-refractivity contribution in [2.24, 2.45) is 0 Å². The maximum absolute atomic E-state index is 11.9. The number of aldehydes is 1. The Morgan fingerprint density at radius 1 is 1.00 bits per heavy atom. The van der Waals surface area contributed by atoms with Crippen molar-refractivity contribution in [2.75, 3.05) is 14.2 Å². The molecule has 0 unspecified atom stereocenters. The molecule has 3 nitrogen and oxygen atoms in total. The van der Waals surface area contributed by atoms with Gasteiger partial charge in [0, 0.05) is 21.6 Å². The molecule has 3 rings (SSSR count). The second kappa shape index (κ2) is 8.61. The normalized spacial score (nSPS) is 11.3. The Morgan fingerprint density at radius 3 is 2.30 bits per heavy atom. The van der Waals surface area contributed by atoms with Crippen LogP contribution in [-0.4, -0.2) is 20.5 Å².